The van der Waals surface area contributed by atoms with Gasteiger partial charge in [0.25, 0.3) is 0 Å². The normalized spacial score (nSPS) is 11.1. The maximum Gasteiger partial charge on any atom is 0.0920 e. The van der Waals surface area contributed by atoms with Crippen LogP contribution in [0.15, 0.2) is 11.6 Å². The van der Waals surface area contributed by atoms with E-state index in [1.165, 1.54) is 0 Å². The molecule has 0 N–H and O–H groups in total. The molecule has 0 atom stereocenters. The fraction of sp³-hybridized carbons (Fsp3) is 0.500. The average Bonchev–Trinajstić information content (AvgIpc) is 2.46. The van der Waals surface area contributed by atoms with Crippen LogP contribution in [0, 0.1) is 6.92 Å². The molecular formula is C10H16N4. The summed E-state index contributed by atoms with van der Waals surface area (Å²) in [5.74, 6) is 0. The van der Waals surface area contributed by atoms with Crippen molar-refractivity contribution >= 4 is 11.8 Å². The molecule has 0 aliphatic heterocycles. The van der Waals surface area contributed by atoms with E-state index >= 15 is 0 Å². The molecule has 4 nitrogen and oxygen atoms in total. The fourth-order valence-electron chi connectivity index (χ4n) is 1.27. The number of aromatic nitrogens is 3. The Bertz CT molecular complexity index is 330. The third-order valence-corrected chi connectivity index (χ3v) is 1.90. The number of nitrogens with zero attached hydrogens (tertiary/aromatic N) is 4. The van der Waals surface area contributed by atoms with E-state index < -0.39 is 0 Å². The molecule has 0 radical (unpaired) electrons. The van der Waals surface area contributed by atoms with E-state index in [9.17, 15) is 0 Å². The molecule has 0 bridgehead atoms. The quantitative estimate of drug-likeness (QED) is 0.680. The molecule has 0 aromatic carbocycles. The van der Waals surface area contributed by atoms with Crippen molar-refractivity contribution in [1.29, 1.82) is 0 Å². The van der Waals surface area contributed by atoms with Crippen molar-refractivity contribution in [2.45, 2.75) is 20.3 Å². The van der Waals surface area contributed by atoms with Gasteiger partial charge in [0.15, 0.2) is 0 Å². The Morgan fingerprint density at radius 2 is 2.36 bits per heavy atom. The first-order valence-corrected chi connectivity index (χ1v) is 4.72. The smallest absolute Gasteiger partial charge is 0.0920 e. The van der Waals surface area contributed by atoms with Crippen molar-refractivity contribution in [2.75, 3.05) is 6.54 Å². The Hall–Kier alpha value is -1.45. The minimum atomic E-state index is 0.837. The lowest BCUT2D eigenvalue weighted by molar-refractivity contribution is 0.708. The van der Waals surface area contributed by atoms with Crippen molar-refractivity contribution < 1.29 is 0 Å². The molecule has 0 aliphatic rings. The van der Waals surface area contributed by atoms with Gasteiger partial charge < -0.3 is 0 Å². The number of hydrogen-bond donors (Lipinski definition) is 0. The highest BCUT2D eigenvalue weighted by molar-refractivity contribution is 6.08. The van der Waals surface area contributed by atoms with E-state index in [1.54, 1.807) is 10.9 Å². The van der Waals surface area contributed by atoms with E-state index in [2.05, 4.69) is 28.8 Å². The lowest BCUT2D eigenvalue weighted by Gasteiger charge is -2.00. The van der Waals surface area contributed by atoms with Crippen LogP contribution >= 0.6 is 0 Å². The van der Waals surface area contributed by atoms with Crippen LogP contribution in [0.5, 0.6) is 0 Å². The molecular weight excluding hydrogens is 176 g/mol. The van der Waals surface area contributed by atoms with Gasteiger partial charge in [-0.2, -0.15) is 0 Å². The summed E-state index contributed by atoms with van der Waals surface area (Å²) in [6, 6.07) is 0. The molecule has 0 unspecified atom stereocenters. The lowest BCUT2D eigenvalue weighted by Crippen LogP contribution is -1.99. The van der Waals surface area contributed by atoms with Gasteiger partial charge in [0.05, 0.1) is 11.4 Å². The van der Waals surface area contributed by atoms with E-state index in [4.69, 9.17) is 0 Å². The van der Waals surface area contributed by atoms with Gasteiger partial charge in [0.1, 0.15) is 0 Å². The van der Waals surface area contributed by atoms with Crippen LogP contribution in [0.4, 0.5) is 0 Å². The van der Waals surface area contributed by atoms with Gasteiger partial charge in [-0.25, -0.2) is 4.68 Å². The summed E-state index contributed by atoms with van der Waals surface area (Å²) < 4.78 is 1.72. The zero-order valence-corrected chi connectivity index (χ0v) is 8.99. The summed E-state index contributed by atoms with van der Waals surface area (Å²) in [4.78, 5) is 4.23. The molecule has 1 aromatic heterocycles. The first kappa shape index (κ1) is 10.6. The number of rotatable bonds is 4. The molecule has 1 heterocycles. The highest BCUT2D eigenvalue weighted by Gasteiger charge is 2.07. The van der Waals surface area contributed by atoms with Gasteiger partial charge in [-0.1, -0.05) is 18.7 Å². The average molecular weight is 192 g/mol. The fourth-order valence-corrected chi connectivity index (χ4v) is 1.27. The maximum absolute atomic E-state index is 4.23. The van der Waals surface area contributed by atoms with Gasteiger partial charge in [-0.3, -0.25) is 4.99 Å². The van der Waals surface area contributed by atoms with Gasteiger partial charge in [0.2, 0.25) is 0 Å². The largest absolute Gasteiger partial charge is 0.293 e. The number of aryl methyl sites for hydroxylation is 2. The zero-order valence-electron chi connectivity index (χ0n) is 8.99. The zero-order chi connectivity index (χ0) is 10.6. The van der Waals surface area contributed by atoms with Crippen LogP contribution in [-0.4, -0.2) is 27.8 Å². The Morgan fingerprint density at radius 3 is 2.86 bits per heavy atom. The van der Waals surface area contributed by atoms with Crippen molar-refractivity contribution in [3.05, 3.63) is 18.0 Å². The highest BCUT2D eigenvalue weighted by atomic mass is 15.4. The third-order valence-electron chi connectivity index (χ3n) is 1.90. The van der Waals surface area contributed by atoms with Crippen LogP contribution in [0.1, 0.15) is 24.7 Å². The summed E-state index contributed by atoms with van der Waals surface area (Å²) in [6.45, 7) is 8.79. The number of hydrogen-bond acceptors (Lipinski definition) is 3. The lowest BCUT2D eigenvalue weighted by atomic mass is 10.2. The number of allylic oxidation sites excluding steroid dienone is 1. The Labute approximate surface area is 84.4 Å². The molecule has 0 saturated carbocycles. The molecule has 4 heteroatoms. The molecule has 76 valence electrons. The summed E-state index contributed by atoms with van der Waals surface area (Å²) in [5, 5.41) is 7.87. The van der Waals surface area contributed by atoms with Gasteiger partial charge in [-0.15, -0.1) is 5.10 Å². The SMILES string of the molecule is C=C(/C=N\CCC)c1c(C)nnn1C. The van der Waals surface area contributed by atoms with E-state index in [0.717, 1.165) is 29.9 Å². The van der Waals surface area contributed by atoms with Gasteiger partial charge >= 0.3 is 0 Å². The van der Waals surface area contributed by atoms with E-state index in [0.29, 0.717) is 0 Å². The Morgan fingerprint density at radius 1 is 1.64 bits per heavy atom. The highest BCUT2D eigenvalue weighted by Crippen LogP contribution is 2.11. The third kappa shape index (κ3) is 2.28. The summed E-state index contributed by atoms with van der Waals surface area (Å²) in [5.41, 5.74) is 2.70. The van der Waals surface area contributed by atoms with Crippen molar-refractivity contribution in [3.8, 4) is 0 Å². The molecule has 1 rings (SSSR count). The molecule has 1 aromatic rings. The standard InChI is InChI=1S/C10H16N4/c1-5-6-11-7-8(2)10-9(3)12-13-14(10)4/h7H,2,5-6H2,1,3-4H3/b11-7-. The molecule has 0 aliphatic carbocycles. The predicted molar refractivity (Wildman–Crippen MR) is 58.4 cm³/mol. The first-order chi connectivity index (χ1) is 6.66. The second-order valence-electron chi connectivity index (χ2n) is 3.21. The second-order valence-corrected chi connectivity index (χ2v) is 3.21. The minimum absolute atomic E-state index is 0.837. The van der Waals surface area contributed by atoms with Crippen LogP contribution in [-0.2, 0) is 7.05 Å². The topological polar surface area (TPSA) is 43.1 Å². The monoisotopic (exact) mass is 192 g/mol. The Balaban J connectivity index is 2.79. The molecule has 0 spiro atoms. The molecule has 0 fully saturated rings. The van der Waals surface area contributed by atoms with E-state index in [-0.39, 0.29) is 0 Å². The Kier molecular flexibility index (Phi) is 3.56. The molecule has 0 amide bonds. The van der Waals surface area contributed by atoms with Gasteiger partial charge in [0, 0.05) is 25.4 Å². The molecule has 0 saturated heterocycles. The van der Waals surface area contributed by atoms with Crippen LogP contribution in [0.2, 0.25) is 0 Å². The minimum Gasteiger partial charge on any atom is -0.293 e. The van der Waals surface area contributed by atoms with Crippen molar-refractivity contribution in [2.24, 2.45) is 12.0 Å². The van der Waals surface area contributed by atoms with Gasteiger partial charge in [-0.05, 0) is 13.3 Å². The van der Waals surface area contributed by atoms with Crippen LogP contribution < -0.4 is 0 Å². The summed E-state index contributed by atoms with van der Waals surface area (Å²) in [7, 11) is 1.86. The van der Waals surface area contributed by atoms with Crippen molar-refractivity contribution in [1.82, 2.24) is 15.0 Å². The number of aliphatic imine (C=N–C) groups is 1. The van der Waals surface area contributed by atoms with E-state index in [1.807, 2.05) is 14.0 Å². The van der Waals surface area contributed by atoms with Crippen molar-refractivity contribution in [3.63, 3.8) is 0 Å². The predicted octanol–water partition coefficient (Wildman–Crippen LogP) is 1.62. The maximum atomic E-state index is 4.23. The summed E-state index contributed by atoms with van der Waals surface area (Å²) >= 11 is 0. The second kappa shape index (κ2) is 4.69. The van der Waals surface area contributed by atoms with Crippen LogP contribution in [0.25, 0.3) is 5.57 Å². The first-order valence-electron chi connectivity index (χ1n) is 4.72. The van der Waals surface area contributed by atoms with Crippen LogP contribution in [0.3, 0.4) is 0 Å². The summed E-state index contributed by atoms with van der Waals surface area (Å²) in [6.07, 6.45) is 2.83. The molecule has 14 heavy (non-hydrogen) atoms.